The lowest BCUT2D eigenvalue weighted by Gasteiger charge is -2.33. The monoisotopic (exact) mass is 1390 g/mol. The number of primary amides is 1. The molecule has 5 unspecified atom stereocenters. The number of thiophene rings is 1. The number of unbranched alkanes of at least 4 members (excludes halogenated alkanes) is 1. The van der Waals surface area contributed by atoms with E-state index >= 15 is 0 Å². The molecule has 26 nitrogen and oxygen atoms in total. The maximum Gasteiger partial charge on any atom is 0.524 e. The highest BCUT2D eigenvalue weighted by molar-refractivity contribution is 7.46. The van der Waals surface area contributed by atoms with Gasteiger partial charge in [-0.15, -0.1) is 34.5 Å². The Morgan fingerprint density at radius 3 is 1.83 bits per heavy atom. The third-order valence-electron chi connectivity index (χ3n) is 16.5. The van der Waals surface area contributed by atoms with E-state index in [0.717, 1.165) is 22.5 Å². The van der Waals surface area contributed by atoms with Crippen molar-refractivity contribution in [1.29, 1.82) is 0 Å². The zero-order valence-electron chi connectivity index (χ0n) is 53.1. The summed E-state index contributed by atoms with van der Waals surface area (Å²) in [6.45, 7) is 5.55. The van der Waals surface area contributed by atoms with Crippen molar-refractivity contribution >= 4 is 135 Å². The number of aldehydes is 1. The molecular weight excluding hydrogens is 1310 g/mol. The molecule has 0 radical (unpaired) electrons. The number of phosphoric ester groups is 1. The Bertz CT molecular complexity index is 3890. The standard InChI is InChI=1S/C65H78Cl2N11O15PS/c1-38(2)57(71-36-65(37-79,74-39(3)80)24-10-11-25-68)59(82)73-48(17-12-26-70-62(69)85)58(81)72-43-20-18-40(19-21-43)35-91-63(86)75(4)27-28-76(5)64(87)92-51-29-49-55(46-15-8-6-13-44(46)51)41(31-66)33-77(49)60(83)53-22-23-54(95-53)61(84)78-34-42(32-67)56-47-16-9-7-14-45(47)52(30-50(56)78)93-94(88,89)90/h6-9,13-16,18-23,29-30,37-38,41-42,48,57,71H,10-12,17,24-28,31-36,68H2,1-5H3,(H,72,81)(H,73,82)(H,74,80)(H3,69,70,85)(H2,88,89,90). The van der Waals surface area contributed by atoms with Gasteiger partial charge in [-0.3, -0.25) is 33.8 Å². The maximum absolute atomic E-state index is 14.7. The molecular formula is C65H78Cl2N11O15PS. The number of carbonyl (C=O) groups is 9. The largest absolute Gasteiger partial charge is 0.524 e. The molecule has 6 aromatic rings. The number of nitrogens with two attached hydrogens (primary N) is 2. The number of halogens is 2. The highest BCUT2D eigenvalue weighted by Gasteiger charge is 2.40. The van der Waals surface area contributed by atoms with Crippen LogP contribution in [0.25, 0.3) is 21.5 Å². The van der Waals surface area contributed by atoms with Gasteiger partial charge in [-0.25, -0.2) is 18.9 Å². The van der Waals surface area contributed by atoms with Crippen molar-refractivity contribution in [3.63, 3.8) is 0 Å². The van der Waals surface area contributed by atoms with E-state index in [1.54, 1.807) is 97.6 Å². The Morgan fingerprint density at radius 1 is 0.768 bits per heavy atom. The van der Waals surface area contributed by atoms with Crippen molar-refractivity contribution in [3.05, 3.63) is 124 Å². The van der Waals surface area contributed by atoms with Crippen molar-refractivity contribution in [2.45, 2.75) is 88.9 Å². The van der Waals surface area contributed by atoms with Crippen LogP contribution < -0.4 is 57.1 Å². The van der Waals surface area contributed by atoms with E-state index in [-0.39, 0.29) is 116 Å². The van der Waals surface area contributed by atoms with Crippen molar-refractivity contribution in [3.8, 4) is 11.5 Å². The van der Waals surface area contributed by atoms with E-state index < -0.39 is 73.2 Å². The lowest BCUT2D eigenvalue weighted by atomic mass is 9.92. The minimum Gasteiger partial charge on any atom is -0.445 e. The molecule has 5 atom stereocenters. The van der Waals surface area contributed by atoms with E-state index in [2.05, 4.69) is 26.6 Å². The molecule has 0 saturated heterocycles. The van der Waals surface area contributed by atoms with Gasteiger partial charge in [0.05, 0.1) is 27.2 Å². The topological polar surface area (TPSA) is 364 Å². The zero-order valence-corrected chi connectivity index (χ0v) is 56.3. The zero-order chi connectivity index (χ0) is 68.9. The van der Waals surface area contributed by atoms with E-state index in [9.17, 15) is 57.5 Å². The second-order valence-corrected chi connectivity index (χ2v) is 26.6. The molecule has 0 spiro atoms. The first kappa shape index (κ1) is 72.4. The summed E-state index contributed by atoms with van der Waals surface area (Å²) in [6, 6.07) is 24.0. The lowest BCUT2D eigenvalue weighted by Crippen LogP contribution is -2.60. The number of hydrogen-bond donors (Lipinski definition) is 9. The summed E-state index contributed by atoms with van der Waals surface area (Å²) in [4.78, 5) is 145. The number of ether oxygens (including phenoxy) is 2. The number of rotatable bonds is 30. The van der Waals surface area contributed by atoms with E-state index in [1.807, 2.05) is 12.1 Å². The summed E-state index contributed by atoms with van der Waals surface area (Å²) < 4.78 is 28.8. The molecule has 3 heterocycles. The normalized spacial score (nSPS) is 15.4. The lowest BCUT2D eigenvalue weighted by molar-refractivity contribution is -0.129. The smallest absolute Gasteiger partial charge is 0.445 e. The highest BCUT2D eigenvalue weighted by atomic mass is 35.5. The van der Waals surface area contributed by atoms with Gasteiger partial charge in [0.2, 0.25) is 17.7 Å². The predicted octanol–water partition coefficient (Wildman–Crippen LogP) is 7.88. The van der Waals surface area contributed by atoms with Gasteiger partial charge in [-0.2, -0.15) is 0 Å². The number of fused-ring (bicyclic) bond motifs is 6. The van der Waals surface area contributed by atoms with Crippen LogP contribution in [0.3, 0.4) is 0 Å². The van der Waals surface area contributed by atoms with Gasteiger partial charge < -0.3 is 76.4 Å². The van der Waals surface area contributed by atoms with Crippen molar-refractivity contribution in [1.82, 2.24) is 31.1 Å². The van der Waals surface area contributed by atoms with Crippen molar-refractivity contribution < 1.29 is 71.5 Å². The van der Waals surface area contributed by atoms with Gasteiger partial charge >= 0.3 is 26.0 Å². The van der Waals surface area contributed by atoms with Crippen LogP contribution >= 0.6 is 42.4 Å². The van der Waals surface area contributed by atoms with Crippen molar-refractivity contribution in [2.24, 2.45) is 17.4 Å². The number of alkyl halides is 2. The van der Waals surface area contributed by atoms with Crippen LogP contribution in [0.15, 0.2) is 97.1 Å². The van der Waals surface area contributed by atoms with E-state index in [0.29, 0.717) is 69.8 Å². The van der Waals surface area contributed by atoms with Crippen LogP contribution in [-0.4, -0.2) is 163 Å². The van der Waals surface area contributed by atoms with Crippen LogP contribution in [0.5, 0.6) is 11.5 Å². The fraction of sp³-hybridized carbons (Fsp3) is 0.400. The number of urea groups is 1. The summed E-state index contributed by atoms with van der Waals surface area (Å²) in [5.74, 6) is -3.07. The Balaban J connectivity index is 0.872. The fourth-order valence-electron chi connectivity index (χ4n) is 11.6. The molecule has 0 bridgehead atoms. The van der Waals surface area contributed by atoms with E-state index in [1.165, 1.54) is 41.8 Å². The summed E-state index contributed by atoms with van der Waals surface area (Å²) >= 11 is 14.1. The van der Waals surface area contributed by atoms with Crippen LogP contribution in [-0.2, 0) is 35.1 Å². The van der Waals surface area contributed by atoms with Gasteiger partial charge in [0.25, 0.3) is 11.8 Å². The summed E-state index contributed by atoms with van der Waals surface area (Å²) in [5, 5.41) is 16.3. The van der Waals surface area contributed by atoms with Gasteiger partial charge in [-0.05, 0) is 96.3 Å². The molecule has 9 amide bonds. The Hall–Kier alpha value is -8.40. The minimum absolute atomic E-state index is 0.0153. The molecule has 95 heavy (non-hydrogen) atoms. The first-order chi connectivity index (χ1) is 45.3. The molecule has 0 saturated carbocycles. The number of hydrogen-bond acceptors (Lipinski definition) is 16. The fourth-order valence-corrected chi connectivity index (χ4v) is 13.5. The van der Waals surface area contributed by atoms with Gasteiger partial charge in [0.1, 0.15) is 36.0 Å². The Labute approximate surface area is 562 Å². The number of likely N-dealkylation sites (N-methyl/N-ethyl adjacent to an activating group) is 2. The van der Waals surface area contributed by atoms with Gasteiger partial charge in [-0.1, -0.05) is 74.5 Å². The minimum atomic E-state index is -5.01. The SMILES string of the molecule is CC(=O)NC(C=O)(CCCCN)CNC(C(=O)NC(CCCNC(N)=O)C(=O)Nc1ccc(COC(=O)N(C)CCN(C)C(=O)Oc2cc3c(c4ccccc24)C(CCl)CN3C(=O)c2ccc(C(=O)N3CC(CCl)c4c3cc(OP(=O)(O)O)c3ccccc43)s2)cc1)C(C)C. The number of carbonyl (C=O) groups excluding carboxylic acids is 9. The average molecular weight is 1390 g/mol. The molecule has 8 rings (SSSR count). The molecule has 30 heteroatoms. The number of nitrogens with zero attached hydrogens (tertiary/aromatic N) is 4. The number of phosphoric acid groups is 1. The number of amides is 9. The maximum atomic E-state index is 14.7. The van der Waals surface area contributed by atoms with Gasteiger partial charge in [0.15, 0.2) is 0 Å². The molecule has 0 aliphatic carbocycles. The Kier molecular flexibility index (Phi) is 24.7. The molecule has 5 aromatic carbocycles. The summed E-state index contributed by atoms with van der Waals surface area (Å²) in [6.07, 6.45) is 0.999. The Morgan fingerprint density at radius 2 is 1.32 bits per heavy atom. The first-order valence-corrected chi connectivity index (χ1v) is 34.2. The third kappa shape index (κ3) is 17.9. The van der Waals surface area contributed by atoms with Crippen LogP contribution in [0.2, 0.25) is 0 Å². The average Bonchev–Trinajstić information content (AvgIpc) is 1.64. The van der Waals surface area contributed by atoms with Gasteiger partial charge in [0, 0.05) is 112 Å². The predicted molar refractivity (Wildman–Crippen MR) is 363 cm³/mol. The van der Waals surface area contributed by atoms with E-state index in [4.69, 9.17) is 48.7 Å². The van der Waals surface area contributed by atoms with Crippen LogP contribution in [0, 0.1) is 5.92 Å². The third-order valence-corrected chi connectivity index (χ3v) is 18.7. The molecule has 1 aromatic heterocycles. The second kappa shape index (κ2) is 32.4. The second-order valence-electron chi connectivity index (χ2n) is 23.7. The molecule has 2 aliphatic rings. The number of anilines is 3. The van der Waals surface area contributed by atoms with Crippen molar-refractivity contribution in [2.75, 3.05) is 86.8 Å². The van der Waals surface area contributed by atoms with Crippen LogP contribution in [0.4, 0.5) is 31.4 Å². The first-order valence-electron chi connectivity index (χ1n) is 30.7. The molecule has 2 aliphatic heterocycles. The molecule has 508 valence electrons. The van der Waals surface area contributed by atoms with Crippen LogP contribution in [0.1, 0.15) is 101 Å². The quantitative estimate of drug-likeness (QED) is 0.00895. The summed E-state index contributed by atoms with van der Waals surface area (Å²) in [5.41, 5.74) is 12.8. The summed E-state index contributed by atoms with van der Waals surface area (Å²) in [7, 11) is -2.00. The highest BCUT2D eigenvalue weighted by Crippen LogP contribution is 2.50. The molecule has 11 N–H and O–H groups in total. The number of benzene rings is 5. The molecule has 0 fully saturated rings. The number of nitrogens with one attached hydrogen (secondary N) is 5.